The van der Waals surface area contributed by atoms with Crippen molar-refractivity contribution in [2.75, 3.05) is 13.1 Å². The largest absolute Gasteiger partial charge is 0.385 e. The molecule has 17 heavy (non-hydrogen) atoms. The molecule has 1 N–H and O–H groups in total. The fraction of sp³-hybridized carbons (Fsp3) is 0.692. The Labute approximate surface area is 116 Å². The highest BCUT2D eigenvalue weighted by Crippen LogP contribution is 2.38. The second-order valence-electron chi connectivity index (χ2n) is 5.15. The molecule has 1 aliphatic rings. The monoisotopic (exact) mass is 317 g/mol. The maximum atomic E-state index is 10.8. The van der Waals surface area contributed by atoms with E-state index in [1.54, 1.807) is 11.3 Å². The molecule has 0 amide bonds. The Hall–Kier alpha value is 0.100. The van der Waals surface area contributed by atoms with Crippen molar-refractivity contribution in [3.63, 3.8) is 0 Å². The van der Waals surface area contributed by atoms with Gasteiger partial charge in [-0.15, -0.1) is 0 Å². The first-order valence-electron chi connectivity index (χ1n) is 6.21. The molecule has 1 saturated heterocycles. The molecule has 0 spiro atoms. The lowest BCUT2D eigenvalue weighted by molar-refractivity contribution is 0.0201. The van der Waals surface area contributed by atoms with Gasteiger partial charge in [0.05, 0.1) is 5.60 Å². The van der Waals surface area contributed by atoms with E-state index in [2.05, 4.69) is 45.4 Å². The highest BCUT2D eigenvalue weighted by atomic mass is 79.9. The Morgan fingerprint density at radius 3 is 2.71 bits per heavy atom. The van der Waals surface area contributed by atoms with E-state index in [1.165, 1.54) is 0 Å². The summed E-state index contributed by atoms with van der Waals surface area (Å²) in [6.07, 6.45) is 2.77. The van der Waals surface area contributed by atoms with Gasteiger partial charge in [-0.25, -0.2) is 0 Å². The number of nitrogens with zero attached hydrogens (tertiary/aromatic N) is 1. The summed E-state index contributed by atoms with van der Waals surface area (Å²) < 4.78 is 1.06. The van der Waals surface area contributed by atoms with Gasteiger partial charge in [-0.05, 0) is 61.0 Å². The van der Waals surface area contributed by atoms with E-state index >= 15 is 0 Å². The summed E-state index contributed by atoms with van der Waals surface area (Å²) >= 11 is 5.20. The second-order valence-corrected chi connectivity index (χ2v) is 6.75. The van der Waals surface area contributed by atoms with Crippen LogP contribution in [-0.2, 0) is 5.60 Å². The van der Waals surface area contributed by atoms with E-state index in [0.717, 1.165) is 42.4 Å². The summed E-state index contributed by atoms with van der Waals surface area (Å²) in [7, 11) is 0. The van der Waals surface area contributed by atoms with Crippen molar-refractivity contribution in [3.8, 4) is 0 Å². The van der Waals surface area contributed by atoms with Gasteiger partial charge in [0.1, 0.15) is 0 Å². The van der Waals surface area contributed by atoms with Gasteiger partial charge in [0.25, 0.3) is 0 Å². The van der Waals surface area contributed by atoms with Crippen LogP contribution in [0.15, 0.2) is 15.2 Å². The third-order valence-corrected chi connectivity index (χ3v) is 5.40. The summed E-state index contributed by atoms with van der Waals surface area (Å²) in [4.78, 5) is 2.46. The minimum absolute atomic E-state index is 0.572. The Morgan fingerprint density at radius 1 is 1.35 bits per heavy atom. The smallest absolute Gasteiger partial charge is 0.0928 e. The number of thiophene rings is 1. The molecule has 96 valence electrons. The Bertz CT molecular complexity index is 379. The van der Waals surface area contributed by atoms with Gasteiger partial charge in [-0.1, -0.05) is 0 Å². The fourth-order valence-electron chi connectivity index (χ4n) is 2.54. The molecular formula is C13H20BrNOS. The van der Waals surface area contributed by atoms with E-state index < -0.39 is 5.60 Å². The zero-order chi connectivity index (χ0) is 12.5. The first-order valence-corrected chi connectivity index (χ1v) is 7.95. The van der Waals surface area contributed by atoms with Crippen LogP contribution in [0.1, 0.15) is 38.7 Å². The number of halogens is 1. The lowest BCUT2D eigenvalue weighted by atomic mass is 9.89. The maximum absolute atomic E-state index is 10.8. The van der Waals surface area contributed by atoms with Crippen molar-refractivity contribution in [3.05, 3.63) is 20.8 Å². The average molecular weight is 318 g/mol. The van der Waals surface area contributed by atoms with Crippen molar-refractivity contribution in [1.29, 1.82) is 0 Å². The van der Waals surface area contributed by atoms with Crippen LogP contribution in [0.4, 0.5) is 0 Å². The van der Waals surface area contributed by atoms with Crippen LogP contribution in [0.5, 0.6) is 0 Å². The predicted octanol–water partition coefficient (Wildman–Crippen LogP) is 3.59. The van der Waals surface area contributed by atoms with Crippen molar-refractivity contribution >= 4 is 27.3 Å². The number of hydrogen-bond donors (Lipinski definition) is 1. The summed E-state index contributed by atoms with van der Waals surface area (Å²) in [5.74, 6) is 0. The van der Waals surface area contributed by atoms with Crippen molar-refractivity contribution in [2.24, 2.45) is 0 Å². The lowest BCUT2D eigenvalue weighted by Crippen LogP contribution is -2.33. The molecule has 1 atom stereocenters. The summed E-state index contributed by atoms with van der Waals surface area (Å²) in [6.45, 7) is 6.54. The van der Waals surface area contributed by atoms with Crippen LogP contribution in [0.3, 0.4) is 0 Å². The highest BCUT2D eigenvalue weighted by Gasteiger charge is 2.34. The predicted molar refractivity (Wildman–Crippen MR) is 76.5 cm³/mol. The molecule has 0 saturated carbocycles. The van der Waals surface area contributed by atoms with Crippen molar-refractivity contribution in [1.82, 2.24) is 4.90 Å². The van der Waals surface area contributed by atoms with Crippen LogP contribution in [-0.4, -0.2) is 29.1 Å². The van der Waals surface area contributed by atoms with Gasteiger partial charge in [0, 0.05) is 28.0 Å². The summed E-state index contributed by atoms with van der Waals surface area (Å²) in [6, 6.07) is 0.572. The van der Waals surface area contributed by atoms with Gasteiger partial charge in [-0.3, -0.25) is 0 Å². The first-order chi connectivity index (χ1) is 8.03. The quantitative estimate of drug-likeness (QED) is 0.901. The van der Waals surface area contributed by atoms with Gasteiger partial charge < -0.3 is 10.0 Å². The highest BCUT2D eigenvalue weighted by molar-refractivity contribution is 9.10. The normalized spacial score (nSPS) is 27.4. The molecule has 0 bridgehead atoms. The first kappa shape index (κ1) is 13.5. The fourth-order valence-corrected chi connectivity index (χ4v) is 4.29. The molecule has 1 fully saturated rings. The molecule has 0 aliphatic carbocycles. The van der Waals surface area contributed by atoms with Crippen molar-refractivity contribution < 1.29 is 5.11 Å². The molecule has 2 rings (SSSR count). The molecule has 2 heterocycles. The van der Waals surface area contributed by atoms with Gasteiger partial charge in [0.2, 0.25) is 0 Å². The molecule has 1 aromatic rings. The minimum Gasteiger partial charge on any atom is -0.385 e. The molecule has 1 aromatic heterocycles. The number of likely N-dealkylation sites (tertiary alicyclic amines) is 1. The zero-order valence-corrected chi connectivity index (χ0v) is 12.9. The summed E-state index contributed by atoms with van der Waals surface area (Å²) in [5, 5.41) is 15.0. The van der Waals surface area contributed by atoms with Crippen LogP contribution < -0.4 is 0 Å². The molecule has 1 unspecified atom stereocenters. The van der Waals surface area contributed by atoms with Crippen LogP contribution in [0.25, 0.3) is 0 Å². The van der Waals surface area contributed by atoms with E-state index in [9.17, 15) is 5.11 Å². The Kier molecular flexibility index (Phi) is 4.29. The molecule has 2 nitrogen and oxygen atoms in total. The van der Waals surface area contributed by atoms with E-state index in [1.807, 2.05) is 0 Å². The molecule has 1 aliphatic heterocycles. The van der Waals surface area contributed by atoms with Gasteiger partial charge in [0.15, 0.2) is 0 Å². The molecule has 0 aromatic carbocycles. The van der Waals surface area contributed by atoms with Crippen LogP contribution in [0, 0.1) is 0 Å². The Morgan fingerprint density at radius 2 is 2.12 bits per heavy atom. The number of rotatable bonds is 2. The minimum atomic E-state index is -0.636. The average Bonchev–Trinajstić information content (AvgIpc) is 2.59. The maximum Gasteiger partial charge on any atom is 0.0928 e. The Balaban J connectivity index is 2.15. The van der Waals surface area contributed by atoms with E-state index in [4.69, 9.17) is 0 Å². The number of aliphatic hydroxyl groups is 1. The second kappa shape index (κ2) is 5.39. The zero-order valence-electron chi connectivity index (χ0n) is 10.4. The van der Waals surface area contributed by atoms with Gasteiger partial charge >= 0.3 is 0 Å². The van der Waals surface area contributed by atoms with Gasteiger partial charge in [-0.2, -0.15) is 11.3 Å². The SMILES string of the molecule is CC(C)N1CCCC(O)(c2cscc2Br)CC1. The third kappa shape index (κ3) is 2.92. The molecule has 0 radical (unpaired) electrons. The molecular weight excluding hydrogens is 298 g/mol. The molecule has 4 heteroatoms. The number of hydrogen-bond acceptors (Lipinski definition) is 3. The van der Waals surface area contributed by atoms with E-state index in [0.29, 0.717) is 6.04 Å². The van der Waals surface area contributed by atoms with Crippen LogP contribution in [0.2, 0.25) is 0 Å². The van der Waals surface area contributed by atoms with Crippen molar-refractivity contribution in [2.45, 2.75) is 44.8 Å². The standard InChI is InChI=1S/C13H20BrNOS/c1-10(2)15-6-3-4-13(16,5-7-15)11-8-17-9-12(11)14/h8-10,16H,3-7H2,1-2H3. The summed E-state index contributed by atoms with van der Waals surface area (Å²) in [5.41, 5.74) is 0.441. The van der Waals surface area contributed by atoms with Crippen LogP contribution >= 0.6 is 27.3 Å². The topological polar surface area (TPSA) is 23.5 Å². The van der Waals surface area contributed by atoms with E-state index in [-0.39, 0.29) is 0 Å². The third-order valence-electron chi connectivity index (χ3n) is 3.69. The lowest BCUT2D eigenvalue weighted by Gasteiger charge is -2.28.